The van der Waals surface area contributed by atoms with Gasteiger partial charge in [-0.25, -0.2) is 8.42 Å². The smallest absolute Gasteiger partial charge is 0.262 e. The highest BCUT2D eigenvalue weighted by Crippen LogP contribution is 2.26. The molecule has 0 radical (unpaired) electrons. The fourth-order valence-corrected chi connectivity index (χ4v) is 3.90. The summed E-state index contributed by atoms with van der Waals surface area (Å²) >= 11 is 0. The van der Waals surface area contributed by atoms with E-state index < -0.39 is 10.0 Å². The van der Waals surface area contributed by atoms with Crippen molar-refractivity contribution in [2.75, 3.05) is 4.72 Å². The third-order valence-electron chi connectivity index (χ3n) is 4.14. The van der Waals surface area contributed by atoms with E-state index in [1.54, 1.807) is 31.2 Å². The van der Waals surface area contributed by atoms with Gasteiger partial charge in [-0.3, -0.25) is 4.72 Å². The molecule has 0 atom stereocenters. The predicted molar refractivity (Wildman–Crippen MR) is 98.1 cm³/mol. The molecule has 0 saturated heterocycles. The normalized spacial score (nSPS) is 11.5. The summed E-state index contributed by atoms with van der Waals surface area (Å²) in [4.78, 5) is 0.241. The second kappa shape index (κ2) is 6.37. The van der Waals surface area contributed by atoms with Gasteiger partial charge < -0.3 is 4.52 Å². The van der Waals surface area contributed by atoms with Crippen LogP contribution >= 0.6 is 0 Å². The molecular formula is C19H20N2O3S. The van der Waals surface area contributed by atoms with E-state index in [9.17, 15) is 8.42 Å². The van der Waals surface area contributed by atoms with Crippen LogP contribution in [0.15, 0.2) is 51.9 Å². The van der Waals surface area contributed by atoms with Gasteiger partial charge in [0, 0.05) is 17.3 Å². The Morgan fingerprint density at radius 3 is 2.24 bits per heavy atom. The molecule has 5 nitrogen and oxygen atoms in total. The summed E-state index contributed by atoms with van der Waals surface area (Å²) in [5.74, 6) is 0.617. The van der Waals surface area contributed by atoms with Crippen molar-refractivity contribution in [2.45, 2.75) is 32.6 Å². The Morgan fingerprint density at radius 2 is 1.64 bits per heavy atom. The number of rotatable bonds is 4. The van der Waals surface area contributed by atoms with E-state index in [4.69, 9.17) is 4.52 Å². The molecule has 1 heterocycles. The number of anilines is 1. The molecule has 1 N–H and O–H groups in total. The lowest BCUT2D eigenvalue weighted by Crippen LogP contribution is -2.14. The Bertz CT molecular complexity index is 1040. The maximum atomic E-state index is 12.7. The van der Waals surface area contributed by atoms with Crippen LogP contribution in [0.1, 0.15) is 22.4 Å². The largest absolute Gasteiger partial charge is 0.356 e. The highest BCUT2D eigenvalue weighted by molar-refractivity contribution is 7.92. The second-order valence-electron chi connectivity index (χ2n) is 6.22. The quantitative estimate of drug-likeness (QED) is 0.753. The Balaban J connectivity index is 1.93. The average Bonchev–Trinajstić information content (AvgIpc) is 2.97. The minimum Gasteiger partial charge on any atom is -0.356 e. The monoisotopic (exact) mass is 356 g/mol. The molecule has 3 aromatic rings. The van der Waals surface area contributed by atoms with Gasteiger partial charge in [-0.2, -0.15) is 0 Å². The first-order valence-electron chi connectivity index (χ1n) is 7.91. The Labute approximate surface area is 147 Å². The topological polar surface area (TPSA) is 72.2 Å². The Morgan fingerprint density at radius 1 is 0.880 bits per heavy atom. The van der Waals surface area contributed by atoms with Crippen LogP contribution in [-0.2, 0) is 10.0 Å². The van der Waals surface area contributed by atoms with Crippen molar-refractivity contribution in [1.29, 1.82) is 0 Å². The van der Waals surface area contributed by atoms with Gasteiger partial charge in [0.2, 0.25) is 0 Å². The molecule has 25 heavy (non-hydrogen) atoms. The van der Waals surface area contributed by atoms with Gasteiger partial charge in [-0.1, -0.05) is 11.2 Å². The molecule has 130 valence electrons. The fraction of sp³-hybridized carbons (Fsp3) is 0.211. The zero-order chi connectivity index (χ0) is 18.2. The van der Waals surface area contributed by atoms with Crippen LogP contribution in [0.3, 0.4) is 0 Å². The molecule has 1 aromatic heterocycles. The summed E-state index contributed by atoms with van der Waals surface area (Å²) in [7, 11) is -3.66. The minimum atomic E-state index is -3.66. The predicted octanol–water partition coefficient (Wildman–Crippen LogP) is 4.38. The second-order valence-corrected chi connectivity index (χ2v) is 7.87. The number of hydrogen-bond donors (Lipinski definition) is 1. The van der Waals surface area contributed by atoms with Crippen molar-refractivity contribution < 1.29 is 12.9 Å². The number of hydrogen-bond acceptors (Lipinski definition) is 4. The van der Waals surface area contributed by atoms with Crippen molar-refractivity contribution in [3.63, 3.8) is 0 Å². The molecule has 0 unspecified atom stereocenters. The van der Waals surface area contributed by atoms with Crippen LogP contribution < -0.4 is 4.72 Å². The summed E-state index contributed by atoms with van der Waals surface area (Å²) in [6.07, 6.45) is 0. The minimum absolute atomic E-state index is 0.241. The van der Waals surface area contributed by atoms with Crippen molar-refractivity contribution in [2.24, 2.45) is 0 Å². The molecule has 0 aliphatic carbocycles. The average molecular weight is 356 g/mol. The number of nitrogens with zero attached hydrogens (tertiary/aromatic N) is 1. The molecule has 0 saturated carbocycles. The highest BCUT2D eigenvalue weighted by Gasteiger charge is 2.18. The molecule has 0 amide bonds. The SMILES string of the molecule is Cc1cc(-c2ccc(S(=O)(=O)Nc3ccc(C)c(C)c3)c(C)c2)on1. The molecule has 0 spiro atoms. The van der Waals surface area contributed by atoms with Crippen LogP contribution in [0, 0.1) is 27.7 Å². The maximum absolute atomic E-state index is 12.7. The molecule has 0 fully saturated rings. The van der Waals surface area contributed by atoms with Crippen molar-refractivity contribution in [3.8, 4) is 11.3 Å². The van der Waals surface area contributed by atoms with E-state index in [1.165, 1.54) is 0 Å². The first kappa shape index (κ1) is 17.2. The van der Waals surface area contributed by atoms with Crippen LogP contribution in [-0.4, -0.2) is 13.6 Å². The zero-order valence-corrected chi connectivity index (χ0v) is 15.4. The molecule has 0 aliphatic rings. The number of aryl methyl sites for hydroxylation is 4. The summed E-state index contributed by atoms with van der Waals surface area (Å²) in [6.45, 7) is 7.54. The van der Waals surface area contributed by atoms with Gasteiger partial charge in [0.15, 0.2) is 5.76 Å². The summed E-state index contributed by atoms with van der Waals surface area (Å²) in [6, 6.07) is 12.4. The molecule has 0 bridgehead atoms. The van der Waals surface area contributed by atoms with E-state index in [2.05, 4.69) is 9.88 Å². The van der Waals surface area contributed by atoms with E-state index in [1.807, 2.05) is 39.0 Å². The lowest BCUT2D eigenvalue weighted by Gasteiger charge is -2.12. The number of benzene rings is 2. The van der Waals surface area contributed by atoms with Gasteiger partial charge in [-0.15, -0.1) is 0 Å². The molecule has 6 heteroatoms. The van der Waals surface area contributed by atoms with Crippen LogP contribution in [0.4, 0.5) is 5.69 Å². The van der Waals surface area contributed by atoms with Crippen LogP contribution in [0.5, 0.6) is 0 Å². The molecule has 0 aliphatic heterocycles. The third kappa shape index (κ3) is 3.58. The van der Waals surface area contributed by atoms with Crippen molar-refractivity contribution >= 4 is 15.7 Å². The van der Waals surface area contributed by atoms with E-state index in [-0.39, 0.29) is 4.90 Å². The van der Waals surface area contributed by atoms with Crippen LogP contribution in [0.25, 0.3) is 11.3 Å². The fourth-order valence-electron chi connectivity index (χ4n) is 2.62. The summed E-state index contributed by atoms with van der Waals surface area (Å²) in [5.41, 5.74) is 4.92. The number of nitrogens with one attached hydrogen (secondary N) is 1. The first-order chi connectivity index (χ1) is 11.8. The van der Waals surface area contributed by atoms with Crippen molar-refractivity contribution in [1.82, 2.24) is 5.16 Å². The zero-order valence-electron chi connectivity index (χ0n) is 14.6. The Kier molecular flexibility index (Phi) is 4.39. The van der Waals surface area contributed by atoms with E-state index in [0.717, 1.165) is 22.4 Å². The summed E-state index contributed by atoms with van der Waals surface area (Å²) in [5, 5.41) is 3.86. The van der Waals surface area contributed by atoms with Gasteiger partial charge in [0.25, 0.3) is 10.0 Å². The van der Waals surface area contributed by atoms with E-state index >= 15 is 0 Å². The molecular weight excluding hydrogens is 336 g/mol. The lowest BCUT2D eigenvalue weighted by atomic mass is 10.1. The van der Waals surface area contributed by atoms with E-state index in [0.29, 0.717) is 17.0 Å². The first-order valence-corrected chi connectivity index (χ1v) is 9.39. The van der Waals surface area contributed by atoms with Gasteiger partial charge >= 0.3 is 0 Å². The van der Waals surface area contributed by atoms with Crippen molar-refractivity contribution in [3.05, 3.63) is 64.8 Å². The third-order valence-corrected chi connectivity index (χ3v) is 5.68. The lowest BCUT2D eigenvalue weighted by molar-refractivity contribution is 0.427. The van der Waals surface area contributed by atoms with Gasteiger partial charge in [0.05, 0.1) is 10.6 Å². The molecule has 3 rings (SSSR count). The van der Waals surface area contributed by atoms with Crippen LogP contribution in [0.2, 0.25) is 0 Å². The van der Waals surface area contributed by atoms with Gasteiger partial charge in [-0.05, 0) is 74.7 Å². The Hall–Kier alpha value is -2.60. The standard InChI is InChI=1S/C19H20N2O3S/c1-12-5-7-17(10-13(12)2)21-25(22,23)19-8-6-16(9-14(19)3)18-11-15(4)20-24-18/h5-11,21H,1-4H3. The molecule has 2 aromatic carbocycles. The maximum Gasteiger partial charge on any atom is 0.262 e. The number of aromatic nitrogens is 1. The van der Waals surface area contributed by atoms with Gasteiger partial charge in [0.1, 0.15) is 0 Å². The highest BCUT2D eigenvalue weighted by atomic mass is 32.2. The summed E-state index contributed by atoms with van der Waals surface area (Å²) < 4.78 is 33.3. The number of sulfonamides is 1.